The van der Waals surface area contributed by atoms with E-state index in [0.29, 0.717) is 6.04 Å². The van der Waals surface area contributed by atoms with Crippen molar-refractivity contribution in [3.05, 3.63) is 0 Å². The van der Waals surface area contributed by atoms with E-state index in [-0.39, 0.29) is 0 Å². The second kappa shape index (κ2) is 6.17. The van der Waals surface area contributed by atoms with E-state index in [1.54, 1.807) is 0 Å². The second-order valence-corrected chi connectivity index (χ2v) is 6.23. The fourth-order valence-electron chi connectivity index (χ4n) is 2.68. The van der Waals surface area contributed by atoms with Crippen molar-refractivity contribution >= 4 is 0 Å². The molecule has 2 rings (SSSR count). The molecule has 0 amide bonds. The highest BCUT2D eigenvalue weighted by Gasteiger charge is 2.27. The monoisotopic (exact) mass is 239 g/mol. The Balaban J connectivity index is 1.57. The molecular formula is C14H29N3. The van der Waals surface area contributed by atoms with Crippen LogP contribution in [-0.2, 0) is 0 Å². The highest BCUT2D eigenvalue weighted by Crippen LogP contribution is 2.25. The van der Waals surface area contributed by atoms with Gasteiger partial charge >= 0.3 is 0 Å². The summed E-state index contributed by atoms with van der Waals surface area (Å²) in [4.78, 5) is 5.19. The first-order chi connectivity index (χ1) is 8.15. The fraction of sp³-hybridized carbons (Fsp3) is 1.00. The van der Waals surface area contributed by atoms with E-state index in [1.807, 2.05) is 0 Å². The molecule has 1 N–H and O–H groups in total. The molecule has 0 spiro atoms. The maximum Gasteiger partial charge on any atom is 0.0109 e. The Morgan fingerprint density at radius 3 is 2.71 bits per heavy atom. The first-order valence-electron chi connectivity index (χ1n) is 7.31. The first-order valence-corrected chi connectivity index (χ1v) is 7.31. The molecule has 100 valence electrons. The summed E-state index contributed by atoms with van der Waals surface area (Å²) >= 11 is 0. The van der Waals surface area contributed by atoms with E-state index in [1.165, 1.54) is 52.0 Å². The Bertz CT molecular complexity index is 226. The Morgan fingerprint density at radius 2 is 2.06 bits per heavy atom. The van der Waals surface area contributed by atoms with E-state index in [2.05, 4.69) is 36.0 Å². The molecule has 0 bridgehead atoms. The highest BCUT2D eigenvalue weighted by molar-refractivity contribution is 4.84. The molecule has 1 heterocycles. The Morgan fingerprint density at radius 1 is 1.29 bits per heavy atom. The van der Waals surface area contributed by atoms with E-state index in [9.17, 15) is 0 Å². The lowest BCUT2D eigenvalue weighted by molar-refractivity contribution is 0.245. The lowest BCUT2D eigenvalue weighted by Gasteiger charge is -2.21. The minimum absolute atomic E-state index is 0.630. The average molecular weight is 239 g/mol. The van der Waals surface area contributed by atoms with Gasteiger partial charge in [0.2, 0.25) is 0 Å². The van der Waals surface area contributed by atoms with Crippen molar-refractivity contribution in [1.82, 2.24) is 15.1 Å². The summed E-state index contributed by atoms with van der Waals surface area (Å²) in [6.07, 6.45) is 4.24. The van der Waals surface area contributed by atoms with Crippen LogP contribution < -0.4 is 5.32 Å². The van der Waals surface area contributed by atoms with Gasteiger partial charge in [-0.2, -0.15) is 0 Å². The van der Waals surface area contributed by atoms with Crippen LogP contribution in [0.4, 0.5) is 0 Å². The maximum absolute atomic E-state index is 3.56. The molecule has 0 aromatic rings. The smallest absolute Gasteiger partial charge is 0.0109 e. The molecule has 1 atom stereocenters. The summed E-state index contributed by atoms with van der Waals surface area (Å²) in [5.74, 6) is 0.878. The third-order valence-corrected chi connectivity index (χ3v) is 4.12. The molecule has 2 aliphatic rings. The van der Waals surface area contributed by atoms with Crippen molar-refractivity contribution in [1.29, 1.82) is 0 Å². The molecule has 17 heavy (non-hydrogen) atoms. The second-order valence-electron chi connectivity index (χ2n) is 6.23. The summed E-state index contributed by atoms with van der Waals surface area (Å²) in [6.45, 7) is 10.8. The summed E-state index contributed by atoms with van der Waals surface area (Å²) in [5.41, 5.74) is 0. The average Bonchev–Trinajstić information content (AvgIpc) is 3.04. The molecule has 1 aliphatic carbocycles. The molecule has 1 saturated heterocycles. The van der Waals surface area contributed by atoms with E-state index >= 15 is 0 Å². The molecule has 1 saturated carbocycles. The van der Waals surface area contributed by atoms with E-state index in [4.69, 9.17) is 0 Å². The minimum Gasteiger partial charge on any atom is -0.314 e. The van der Waals surface area contributed by atoms with Gasteiger partial charge < -0.3 is 15.1 Å². The minimum atomic E-state index is 0.630. The largest absolute Gasteiger partial charge is 0.314 e. The molecule has 0 aromatic carbocycles. The molecule has 1 aliphatic heterocycles. The summed E-state index contributed by atoms with van der Waals surface area (Å²) in [5, 5.41) is 3.56. The SMILES string of the molecule is CC(C)NCC1CCN(CCN(C)C2CC2)C1. The van der Waals surface area contributed by atoms with Crippen LogP contribution in [0.15, 0.2) is 0 Å². The Hall–Kier alpha value is -0.120. The Labute approximate surface area is 107 Å². The van der Waals surface area contributed by atoms with Crippen LogP contribution >= 0.6 is 0 Å². The predicted octanol–water partition coefficient (Wildman–Crippen LogP) is 1.40. The standard InChI is InChI=1S/C14H29N3/c1-12(2)15-10-13-6-7-17(11-13)9-8-16(3)14-4-5-14/h12-15H,4-11H2,1-3H3. The van der Waals surface area contributed by atoms with Crippen LogP contribution in [0.5, 0.6) is 0 Å². The molecule has 0 aromatic heterocycles. The number of likely N-dealkylation sites (tertiary alicyclic amines) is 1. The van der Waals surface area contributed by atoms with Gasteiger partial charge in [0.15, 0.2) is 0 Å². The van der Waals surface area contributed by atoms with Crippen molar-refractivity contribution < 1.29 is 0 Å². The van der Waals surface area contributed by atoms with Gasteiger partial charge in [0.25, 0.3) is 0 Å². The van der Waals surface area contributed by atoms with Crippen molar-refractivity contribution in [2.24, 2.45) is 5.92 Å². The lowest BCUT2D eigenvalue weighted by atomic mass is 10.1. The molecule has 3 nitrogen and oxygen atoms in total. The summed E-state index contributed by atoms with van der Waals surface area (Å²) < 4.78 is 0. The van der Waals surface area contributed by atoms with E-state index < -0.39 is 0 Å². The summed E-state index contributed by atoms with van der Waals surface area (Å²) in [6, 6.07) is 1.54. The van der Waals surface area contributed by atoms with Gasteiger partial charge in [0.1, 0.15) is 0 Å². The molecule has 1 unspecified atom stereocenters. The number of nitrogens with one attached hydrogen (secondary N) is 1. The molecule has 3 heteroatoms. The third kappa shape index (κ3) is 4.57. The lowest BCUT2D eigenvalue weighted by Crippen LogP contribution is -2.34. The van der Waals surface area contributed by atoms with Crippen LogP contribution in [0.1, 0.15) is 33.1 Å². The zero-order valence-corrected chi connectivity index (χ0v) is 11.8. The van der Waals surface area contributed by atoms with E-state index in [0.717, 1.165) is 12.0 Å². The number of likely N-dealkylation sites (N-methyl/N-ethyl adjacent to an activating group) is 1. The van der Waals surface area contributed by atoms with Crippen molar-refractivity contribution in [2.45, 2.75) is 45.2 Å². The summed E-state index contributed by atoms with van der Waals surface area (Å²) in [7, 11) is 2.28. The van der Waals surface area contributed by atoms with Crippen molar-refractivity contribution in [3.8, 4) is 0 Å². The normalized spacial score (nSPS) is 26.3. The van der Waals surface area contributed by atoms with Gasteiger partial charge in [-0.3, -0.25) is 0 Å². The van der Waals surface area contributed by atoms with Gasteiger partial charge in [-0.05, 0) is 45.3 Å². The number of rotatable bonds is 7. The van der Waals surface area contributed by atoms with Crippen LogP contribution in [0.3, 0.4) is 0 Å². The number of hydrogen-bond donors (Lipinski definition) is 1. The number of nitrogens with zero attached hydrogens (tertiary/aromatic N) is 2. The molecule has 0 radical (unpaired) electrons. The fourth-order valence-corrected chi connectivity index (χ4v) is 2.68. The van der Waals surface area contributed by atoms with Gasteiger partial charge in [-0.15, -0.1) is 0 Å². The van der Waals surface area contributed by atoms with Crippen LogP contribution in [0, 0.1) is 5.92 Å². The third-order valence-electron chi connectivity index (χ3n) is 4.12. The zero-order chi connectivity index (χ0) is 12.3. The van der Waals surface area contributed by atoms with Crippen LogP contribution in [0.2, 0.25) is 0 Å². The van der Waals surface area contributed by atoms with Gasteiger partial charge in [-0.25, -0.2) is 0 Å². The predicted molar refractivity (Wildman–Crippen MR) is 73.3 cm³/mol. The Kier molecular flexibility index (Phi) is 4.83. The van der Waals surface area contributed by atoms with Crippen LogP contribution in [-0.4, -0.2) is 61.7 Å². The van der Waals surface area contributed by atoms with Crippen molar-refractivity contribution in [2.75, 3.05) is 39.8 Å². The molecular weight excluding hydrogens is 210 g/mol. The van der Waals surface area contributed by atoms with Crippen LogP contribution in [0.25, 0.3) is 0 Å². The van der Waals surface area contributed by atoms with Gasteiger partial charge in [0.05, 0.1) is 0 Å². The maximum atomic E-state index is 3.56. The molecule has 2 fully saturated rings. The van der Waals surface area contributed by atoms with Crippen molar-refractivity contribution in [3.63, 3.8) is 0 Å². The topological polar surface area (TPSA) is 18.5 Å². The highest BCUT2D eigenvalue weighted by atomic mass is 15.2. The zero-order valence-electron chi connectivity index (χ0n) is 11.8. The van der Waals surface area contributed by atoms with Gasteiger partial charge in [-0.1, -0.05) is 13.8 Å². The first kappa shape index (κ1) is 13.3. The number of hydrogen-bond acceptors (Lipinski definition) is 3. The quantitative estimate of drug-likeness (QED) is 0.724. The van der Waals surface area contributed by atoms with Gasteiger partial charge in [0, 0.05) is 31.7 Å².